The van der Waals surface area contributed by atoms with Crippen molar-refractivity contribution in [2.75, 3.05) is 45.9 Å². The van der Waals surface area contributed by atoms with E-state index >= 15 is 0 Å². The smallest absolute Gasteiger partial charge is 0.320 e. The molecule has 2 amide bonds. The van der Waals surface area contributed by atoms with Crippen LogP contribution < -0.4 is 0 Å². The lowest BCUT2D eigenvalue weighted by Gasteiger charge is -2.41. The molecular weight excluding hydrogens is 266 g/mol. The third-order valence-electron chi connectivity index (χ3n) is 4.91. The number of amides is 2. The lowest BCUT2D eigenvalue weighted by Crippen LogP contribution is -2.59. The van der Waals surface area contributed by atoms with Crippen molar-refractivity contribution in [2.24, 2.45) is 0 Å². The highest BCUT2D eigenvalue weighted by atomic mass is 16.5. The lowest BCUT2D eigenvalue weighted by atomic mass is 9.91. The summed E-state index contributed by atoms with van der Waals surface area (Å²) in [6.45, 7) is 5.62. The molecule has 5 heteroatoms. The number of rotatable bonds is 3. The van der Waals surface area contributed by atoms with Gasteiger partial charge < -0.3 is 14.5 Å². The van der Waals surface area contributed by atoms with Gasteiger partial charge in [0.2, 0.25) is 0 Å². The van der Waals surface area contributed by atoms with Crippen molar-refractivity contribution in [1.29, 1.82) is 0 Å². The highest BCUT2D eigenvalue weighted by Gasteiger charge is 2.35. The van der Waals surface area contributed by atoms with E-state index in [1.807, 2.05) is 9.80 Å². The summed E-state index contributed by atoms with van der Waals surface area (Å²) in [6, 6.07) is 0.955. The maximum absolute atomic E-state index is 12.5. The number of hydrogen-bond donors (Lipinski definition) is 0. The minimum atomic E-state index is 0.128. The third-order valence-corrected chi connectivity index (χ3v) is 4.91. The second kappa shape index (κ2) is 6.67. The molecule has 21 heavy (non-hydrogen) atoms. The van der Waals surface area contributed by atoms with Gasteiger partial charge in [0, 0.05) is 32.2 Å². The molecule has 0 aromatic carbocycles. The first-order valence-corrected chi connectivity index (χ1v) is 8.11. The van der Waals surface area contributed by atoms with E-state index in [0.29, 0.717) is 19.7 Å². The standard InChI is InChI=1S/C16H25N3O2/c1-2-11-21-15-12-19(13-15)16(20)18-8-4-7-17(9-10-18)14-5-3-6-14/h1,14-15H,3-13H2. The van der Waals surface area contributed by atoms with Gasteiger partial charge in [-0.15, -0.1) is 6.42 Å². The van der Waals surface area contributed by atoms with Crippen LogP contribution in [0.15, 0.2) is 0 Å². The van der Waals surface area contributed by atoms with Gasteiger partial charge in [-0.2, -0.15) is 0 Å². The van der Waals surface area contributed by atoms with E-state index in [2.05, 4.69) is 10.8 Å². The Labute approximate surface area is 127 Å². The summed E-state index contributed by atoms with van der Waals surface area (Å²) in [4.78, 5) is 18.9. The van der Waals surface area contributed by atoms with Crippen LogP contribution in [0.5, 0.6) is 0 Å². The van der Waals surface area contributed by atoms with Crippen molar-refractivity contribution < 1.29 is 9.53 Å². The molecule has 0 bridgehead atoms. The molecule has 1 saturated carbocycles. The number of carbonyl (C=O) groups is 1. The average Bonchev–Trinajstić information content (AvgIpc) is 2.61. The van der Waals surface area contributed by atoms with Crippen LogP contribution in [0.4, 0.5) is 4.79 Å². The molecule has 2 heterocycles. The molecular formula is C16H25N3O2. The number of carbonyl (C=O) groups excluding carboxylic acids is 1. The monoisotopic (exact) mass is 291 g/mol. The zero-order chi connectivity index (χ0) is 14.7. The van der Waals surface area contributed by atoms with E-state index in [4.69, 9.17) is 11.2 Å². The quantitative estimate of drug-likeness (QED) is 0.728. The fourth-order valence-corrected chi connectivity index (χ4v) is 3.31. The Morgan fingerprint density at radius 2 is 1.90 bits per heavy atom. The molecule has 0 radical (unpaired) electrons. The van der Waals surface area contributed by atoms with E-state index in [1.54, 1.807) is 0 Å². The number of hydrogen-bond acceptors (Lipinski definition) is 3. The molecule has 3 fully saturated rings. The highest BCUT2D eigenvalue weighted by molar-refractivity contribution is 5.75. The molecule has 2 aliphatic heterocycles. The Balaban J connectivity index is 1.42. The fraction of sp³-hybridized carbons (Fsp3) is 0.812. The summed E-state index contributed by atoms with van der Waals surface area (Å²) in [5.74, 6) is 2.47. The van der Waals surface area contributed by atoms with Crippen molar-refractivity contribution in [1.82, 2.24) is 14.7 Å². The average molecular weight is 291 g/mol. The van der Waals surface area contributed by atoms with E-state index < -0.39 is 0 Å². The summed E-state index contributed by atoms with van der Waals surface area (Å²) >= 11 is 0. The molecule has 0 N–H and O–H groups in total. The van der Waals surface area contributed by atoms with Gasteiger partial charge in [-0.25, -0.2) is 4.79 Å². The topological polar surface area (TPSA) is 36.0 Å². The normalized spacial score (nSPS) is 24.9. The minimum absolute atomic E-state index is 0.128. The van der Waals surface area contributed by atoms with E-state index in [1.165, 1.54) is 19.3 Å². The molecule has 0 unspecified atom stereocenters. The Bertz CT molecular complexity index is 410. The van der Waals surface area contributed by atoms with Gasteiger partial charge >= 0.3 is 6.03 Å². The number of likely N-dealkylation sites (tertiary alicyclic amines) is 1. The number of terminal acetylenes is 1. The molecule has 0 aromatic heterocycles. The Morgan fingerprint density at radius 3 is 2.57 bits per heavy atom. The maximum Gasteiger partial charge on any atom is 0.320 e. The summed E-state index contributed by atoms with van der Waals surface area (Å²) in [5.41, 5.74) is 0. The van der Waals surface area contributed by atoms with Gasteiger partial charge in [0.1, 0.15) is 6.61 Å². The Kier molecular flexibility index (Phi) is 4.67. The van der Waals surface area contributed by atoms with E-state index in [-0.39, 0.29) is 12.1 Å². The fourth-order valence-electron chi connectivity index (χ4n) is 3.31. The molecule has 0 spiro atoms. The van der Waals surface area contributed by atoms with E-state index in [0.717, 1.165) is 38.6 Å². The lowest BCUT2D eigenvalue weighted by molar-refractivity contribution is -0.0281. The Morgan fingerprint density at radius 1 is 1.10 bits per heavy atom. The zero-order valence-corrected chi connectivity index (χ0v) is 12.7. The van der Waals surface area contributed by atoms with Gasteiger partial charge in [-0.05, 0) is 19.3 Å². The molecule has 0 aromatic rings. The van der Waals surface area contributed by atoms with Gasteiger partial charge in [-0.1, -0.05) is 12.3 Å². The predicted octanol–water partition coefficient (Wildman–Crippen LogP) is 1.00. The van der Waals surface area contributed by atoms with Crippen LogP contribution in [0, 0.1) is 12.3 Å². The van der Waals surface area contributed by atoms with Crippen molar-refractivity contribution in [3.63, 3.8) is 0 Å². The first-order valence-electron chi connectivity index (χ1n) is 8.11. The summed E-state index contributed by atoms with van der Waals surface area (Å²) < 4.78 is 5.43. The van der Waals surface area contributed by atoms with Crippen molar-refractivity contribution in [2.45, 2.75) is 37.8 Å². The second-order valence-electron chi connectivity index (χ2n) is 6.29. The SMILES string of the molecule is C#CCOC1CN(C(=O)N2CCCN(C3CCC3)CC2)C1. The molecule has 3 rings (SSSR count). The molecule has 2 saturated heterocycles. The minimum Gasteiger partial charge on any atom is -0.362 e. The number of nitrogens with zero attached hydrogens (tertiary/aromatic N) is 3. The Hall–Kier alpha value is -1.25. The van der Waals surface area contributed by atoms with Gasteiger partial charge in [0.15, 0.2) is 0 Å². The van der Waals surface area contributed by atoms with Crippen LogP contribution in [0.3, 0.4) is 0 Å². The summed E-state index contributed by atoms with van der Waals surface area (Å²) in [6.07, 6.45) is 10.4. The number of ether oxygens (including phenoxy) is 1. The van der Waals surface area contributed by atoms with Crippen molar-refractivity contribution >= 4 is 6.03 Å². The molecule has 0 atom stereocenters. The van der Waals surface area contributed by atoms with Gasteiger partial charge in [0.05, 0.1) is 19.2 Å². The first kappa shape index (κ1) is 14.7. The molecule has 116 valence electrons. The second-order valence-corrected chi connectivity index (χ2v) is 6.29. The maximum atomic E-state index is 12.5. The molecule has 1 aliphatic carbocycles. The highest BCUT2D eigenvalue weighted by Crippen LogP contribution is 2.26. The third kappa shape index (κ3) is 3.33. The van der Waals surface area contributed by atoms with Gasteiger partial charge in [0.25, 0.3) is 0 Å². The molecule has 3 aliphatic rings. The first-order chi connectivity index (χ1) is 10.3. The van der Waals surface area contributed by atoms with Gasteiger partial charge in [-0.3, -0.25) is 4.90 Å². The van der Waals surface area contributed by atoms with Crippen molar-refractivity contribution in [3.8, 4) is 12.3 Å². The van der Waals surface area contributed by atoms with E-state index in [9.17, 15) is 4.79 Å². The zero-order valence-electron chi connectivity index (χ0n) is 12.7. The summed E-state index contributed by atoms with van der Waals surface area (Å²) in [5, 5.41) is 0. The van der Waals surface area contributed by atoms with Crippen LogP contribution in [0.2, 0.25) is 0 Å². The molecule has 5 nitrogen and oxygen atoms in total. The predicted molar refractivity (Wildman–Crippen MR) is 80.9 cm³/mol. The van der Waals surface area contributed by atoms with Crippen LogP contribution in [-0.2, 0) is 4.74 Å². The number of urea groups is 1. The van der Waals surface area contributed by atoms with Crippen molar-refractivity contribution in [3.05, 3.63) is 0 Å². The van der Waals surface area contributed by atoms with Crippen LogP contribution in [0.1, 0.15) is 25.7 Å². The van der Waals surface area contributed by atoms with Crippen LogP contribution in [0.25, 0.3) is 0 Å². The van der Waals surface area contributed by atoms with Crippen LogP contribution in [-0.4, -0.2) is 78.8 Å². The summed E-state index contributed by atoms with van der Waals surface area (Å²) in [7, 11) is 0. The largest absolute Gasteiger partial charge is 0.362 e. The van der Waals surface area contributed by atoms with Crippen LogP contribution >= 0.6 is 0 Å².